The van der Waals surface area contributed by atoms with Gasteiger partial charge in [0, 0.05) is 39.8 Å². The summed E-state index contributed by atoms with van der Waals surface area (Å²) in [6, 6.07) is 0.679. The van der Waals surface area contributed by atoms with Crippen LogP contribution in [0.15, 0.2) is 11.6 Å². The highest BCUT2D eigenvalue weighted by Gasteiger charge is 2.28. The van der Waals surface area contributed by atoms with Crippen LogP contribution in [0.5, 0.6) is 0 Å². The van der Waals surface area contributed by atoms with Gasteiger partial charge in [-0.05, 0) is 37.8 Å². The van der Waals surface area contributed by atoms with Crippen molar-refractivity contribution in [3.05, 3.63) is 11.6 Å². The van der Waals surface area contributed by atoms with Crippen molar-refractivity contribution in [2.45, 2.75) is 31.7 Å². The third-order valence-electron chi connectivity index (χ3n) is 3.98. The monoisotopic (exact) mass is 317 g/mol. The molecule has 0 amide bonds. The minimum atomic E-state index is -3.33. The molecule has 2 aliphatic rings. The zero-order chi connectivity index (χ0) is 15.3. The third kappa shape index (κ3) is 5.03. The van der Waals surface area contributed by atoms with Crippen LogP contribution in [0.2, 0.25) is 0 Å². The molecule has 0 spiro atoms. The number of hydrogen-bond donors (Lipinski definition) is 1. The maximum absolute atomic E-state index is 12.5. The van der Waals surface area contributed by atoms with Gasteiger partial charge >= 0.3 is 0 Å². The first kappa shape index (κ1) is 16.9. The Hall–Kier alpha value is -0.470. The SMILES string of the molecule is COCC1=CCN(S(=O)(=O)N(C)CCCNC2CC2)CC1. The second-order valence-electron chi connectivity index (χ2n) is 5.81. The number of hydrogen-bond acceptors (Lipinski definition) is 4. The molecule has 122 valence electrons. The Morgan fingerprint density at radius 2 is 2.24 bits per heavy atom. The molecule has 1 aliphatic carbocycles. The van der Waals surface area contributed by atoms with Gasteiger partial charge in [-0.2, -0.15) is 17.0 Å². The first-order chi connectivity index (χ1) is 10.0. The maximum Gasteiger partial charge on any atom is 0.282 e. The molecule has 1 aliphatic heterocycles. The number of ether oxygens (including phenoxy) is 1. The highest BCUT2D eigenvalue weighted by Crippen LogP contribution is 2.19. The number of nitrogens with zero attached hydrogens (tertiary/aromatic N) is 2. The van der Waals surface area contributed by atoms with Gasteiger partial charge in [-0.1, -0.05) is 6.08 Å². The van der Waals surface area contributed by atoms with Crippen LogP contribution >= 0.6 is 0 Å². The van der Waals surface area contributed by atoms with Gasteiger partial charge in [-0.3, -0.25) is 0 Å². The number of methoxy groups -OCH3 is 1. The average Bonchev–Trinajstić information content (AvgIpc) is 3.28. The maximum atomic E-state index is 12.5. The molecule has 7 heteroatoms. The minimum absolute atomic E-state index is 0.450. The lowest BCUT2D eigenvalue weighted by atomic mass is 10.1. The summed E-state index contributed by atoms with van der Waals surface area (Å²) in [6.45, 7) is 3.04. The Morgan fingerprint density at radius 1 is 1.48 bits per heavy atom. The Kier molecular flexibility index (Phi) is 6.19. The molecule has 0 bridgehead atoms. The van der Waals surface area contributed by atoms with E-state index in [-0.39, 0.29) is 0 Å². The molecule has 1 N–H and O–H groups in total. The van der Waals surface area contributed by atoms with E-state index in [4.69, 9.17) is 4.74 Å². The Labute approximate surface area is 128 Å². The van der Waals surface area contributed by atoms with Crippen LogP contribution in [0.4, 0.5) is 0 Å². The van der Waals surface area contributed by atoms with E-state index in [1.807, 2.05) is 6.08 Å². The van der Waals surface area contributed by atoms with Crippen LogP contribution in [0.25, 0.3) is 0 Å². The fourth-order valence-corrected chi connectivity index (χ4v) is 3.77. The lowest BCUT2D eigenvalue weighted by Gasteiger charge is -2.29. The summed E-state index contributed by atoms with van der Waals surface area (Å²) < 4.78 is 33.0. The van der Waals surface area contributed by atoms with Gasteiger partial charge in [0.05, 0.1) is 6.61 Å². The van der Waals surface area contributed by atoms with Crippen molar-refractivity contribution in [3.8, 4) is 0 Å². The molecule has 1 saturated carbocycles. The van der Waals surface area contributed by atoms with E-state index in [1.54, 1.807) is 18.5 Å². The highest BCUT2D eigenvalue weighted by atomic mass is 32.2. The van der Waals surface area contributed by atoms with E-state index in [1.165, 1.54) is 22.7 Å². The van der Waals surface area contributed by atoms with Crippen LogP contribution in [0, 0.1) is 0 Å². The van der Waals surface area contributed by atoms with E-state index < -0.39 is 10.2 Å². The smallest absolute Gasteiger partial charge is 0.282 e. The van der Waals surface area contributed by atoms with Gasteiger partial charge in [0.15, 0.2) is 0 Å². The van der Waals surface area contributed by atoms with Gasteiger partial charge in [0.25, 0.3) is 10.2 Å². The van der Waals surface area contributed by atoms with Crippen LogP contribution < -0.4 is 5.32 Å². The molecular weight excluding hydrogens is 290 g/mol. The standard InChI is InChI=1S/C14H27N3O3S/c1-16(9-3-8-15-14-4-5-14)21(18,19)17-10-6-13(7-11-17)12-20-2/h6,14-15H,3-5,7-12H2,1-2H3. The zero-order valence-corrected chi connectivity index (χ0v) is 13.9. The molecule has 1 fully saturated rings. The van der Waals surface area contributed by atoms with Crippen molar-refractivity contribution in [2.75, 3.05) is 46.9 Å². The Bertz CT molecular complexity index is 460. The number of nitrogens with one attached hydrogen (secondary N) is 1. The lowest BCUT2D eigenvalue weighted by Crippen LogP contribution is -2.44. The van der Waals surface area contributed by atoms with Gasteiger partial charge in [-0.15, -0.1) is 0 Å². The van der Waals surface area contributed by atoms with Gasteiger partial charge in [0.2, 0.25) is 0 Å². The summed E-state index contributed by atoms with van der Waals surface area (Å²) >= 11 is 0. The molecule has 0 radical (unpaired) electrons. The van der Waals surface area contributed by atoms with E-state index in [0.717, 1.165) is 19.4 Å². The summed E-state index contributed by atoms with van der Waals surface area (Å²) in [6.07, 6.45) is 6.10. The van der Waals surface area contributed by atoms with E-state index in [9.17, 15) is 8.42 Å². The molecule has 0 saturated heterocycles. The van der Waals surface area contributed by atoms with Gasteiger partial charge < -0.3 is 10.1 Å². The normalized spacial score (nSPS) is 20.8. The average molecular weight is 317 g/mol. The molecule has 1 heterocycles. The van der Waals surface area contributed by atoms with Crippen molar-refractivity contribution in [1.29, 1.82) is 0 Å². The van der Waals surface area contributed by atoms with Gasteiger partial charge in [0.1, 0.15) is 0 Å². The predicted molar refractivity (Wildman–Crippen MR) is 83.3 cm³/mol. The second-order valence-corrected chi connectivity index (χ2v) is 7.85. The fraction of sp³-hybridized carbons (Fsp3) is 0.857. The molecule has 0 aromatic carbocycles. The number of rotatable bonds is 9. The summed E-state index contributed by atoms with van der Waals surface area (Å²) in [5, 5.41) is 3.40. The largest absolute Gasteiger partial charge is 0.380 e. The topological polar surface area (TPSA) is 61.9 Å². The molecule has 0 aromatic heterocycles. The molecule has 0 atom stereocenters. The van der Waals surface area contributed by atoms with Crippen molar-refractivity contribution < 1.29 is 13.2 Å². The molecule has 0 aromatic rings. The Morgan fingerprint density at radius 3 is 2.81 bits per heavy atom. The fourth-order valence-electron chi connectivity index (χ4n) is 2.43. The van der Waals surface area contributed by atoms with Crippen LogP contribution in [-0.2, 0) is 14.9 Å². The zero-order valence-electron chi connectivity index (χ0n) is 13.0. The van der Waals surface area contributed by atoms with E-state index in [2.05, 4.69) is 5.32 Å². The molecule has 2 rings (SSSR count). The third-order valence-corrected chi connectivity index (χ3v) is 5.93. The molecule has 0 unspecified atom stereocenters. The molecule has 21 heavy (non-hydrogen) atoms. The first-order valence-electron chi connectivity index (χ1n) is 7.65. The summed E-state index contributed by atoms with van der Waals surface area (Å²) in [7, 11) is -0.00437. The highest BCUT2D eigenvalue weighted by molar-refractivity contribution is 7.86. The van der Waals surface area contributed by atoms with Crippen LogP contribution in [0.1, 0.15) is 25.7 Å². The summed E-state index contributed by atoms with van der Waals surface area (Å²) in [5.41, 5.74) is 1.18. The van der Waals surface area contributed by atoms with Crippen molar-refractivity contribution in [3.63, 3.8) is 0 Å². The van der Waals surface area contributed by atoms with E-state index in [0.29, 0.717) is 32.3 Å². The minimum Gasteiger partial charge on any atom is -0.380 e. The quantitative estimate of drug-likeness (QED) is 0.499. The lowest BCUT2D eigenvalue weighted by molar-refractivity contribution is 0.218. The van der Waals surface area contributed by atoms with Crippen molar-refractivity contribution in [1.82, 2.24) is 13.9 Å². The molecular formula is C14H27N3O3S. The van der Waals surface area contributed by atoms with E-state index >= 15 is 0 Å². The second kappa shape index (κ2) is 7.69. The molecule has 6 nitrogen and oxygen atoms in total. The summed E-state index contributed by atoms with van der Waals surface area (Å²) in [4.78, 5) is 0. The summed E-state index contributed by atoms with van der Waals surface area (Å²) in [5.74, 6) is 0. The first-order valence-corrected chi connectivity index (χ1v) is 9.05. The Balaban J connectivity index is 1.76. The van der Waals surface area contributed by atoms with Crippen LogP contribution in [0.3, 0.4) is 0 Å². The van der Waals surface area contributed by atoms with Crippen molar-refractivity contribution in [2.24, 2.45) is 0 Å². The van der Waals surface area contributed by atoms with Gasteiger partial charge in [-0.25, -0.2) is 0 Å². The van der Waals surface area contributed by atoms with Crippen molar-refractivity contribution >= 4 is 10.2 Å². The predicted octanol–water partition coefficient (Wildman–Crippen LogP) is 0.584. The van der Waals surface area contributed by atoms with Crippen LogP contribution in [-0.4, -0.2) is 70.0 Å².